The summed E-state index contributed by atoms with van der Waals surface area (Å²) in [6, 6.07) is 20.0. The predicted molar refractivity (Wildman–Crippen MR) is 115 cm³/mol. The number of aryl methyl sites for hydroxylation is 1. The molecule has 3 rings (SSSR count). The largest absolute Gasteiger partial charge is 0.494 e. The molecular weight excluding hydrogens is 364 g/mol. The van der Waals surface area contributed by atoms with E-state index in [0.717, 1.165) is 41.9 Å². The van der Waals surface area contributed by atoms with E-state index in [9.17, 15) is 0 Å². The first-order valence-electron chi connectivity index (χ1n) is 9.81. The van der Waals surface area contributed by atoms with E-state index in [1.165, 1.54) is 0 Å². The van der Waals surface area contributed by atoms with Gasteiger partial charge in [0.1, 0.15) is 11.6 Å². The van der Waals surface area contributed by atoms with E-state index < -0.39 is 0 Å². The lowest BCUT2D eigenvalue weighted by Gasteiger charge is -2.13. The summed E-state index contributed by atoms with van der Waals surface area (Å²) in [7, 11) is 1.96. The lowest BCUT2D eigenvalue weighted by atomic mass is 10.2. The van der Waals surface area contributed by atoms with Gasteiger partial charge in [0.25, 0.3) is 0 Å². The molecule has 2 aromatic carbocycles. The van der Waals surface area contributed by atoms with E-state index in [4.69, 9.17) is 9.73 Å². The predicted octanol–water partition coefficient (Wildman–Crippen LogP) is 2.83. The Morgan fingerprint density at radius 3 is 2.41 bits per heavy atom. The summed E-state index contributed by atoms with van der Waals surface area (Å²) in [5.74, 6) is 3.38. The van der Waals surface area contributed by atoms with Crippen LogP contribution in [-0.2, 0) is 20.1 Å². The first-order chi connectivity index (χ1) is 14.2. The van der Waals surface area contributed by atoms with Crippen LogP contribution >= 0.6 is 0 Å². The topological polar surface area (TPSA) is 76.4 Å². The molecule has 1 heterocycles. The molecule has 0 spiro atoms. The molecule has 3 aromatic rings. The zero-order valence-corrected chi connectivity index (χ0v) is 17.0. The second kappa shape index (κ2) is 10.8. The molecule has 1 aromatic heterocycles. The summed E-state index contributed by atoms with van der Waals surface area (Å²) in [6.07, 6.45) is 0.865. The van der Waals surface area contributed by atoms with Crippen LogP contribution in [0.5, 0.6) is 5.75 Å². The summed E-state index contributed by atoms with van der Waals surface area (Å²) in [6.45, 7) is 4.50. The molecule has 0 bridgehead atoms. The second-order valence-corrected chi connectivity index (χ2v) is 6.67. The van der Waals surface area contributed by atoms with Crippen LogP contribution in [0.2, 0.25) is 0 Å². The minimum atomic E-state index is 0.554. The molecule has 0 fully saturated rings. The van der Waals surface area contributed by atoms with Gasteiger partial charge >= 0.3 is 0 Å². The van der Waals surface area contributed by atoms with Gasteiger partial charge in [-0.2, -0.15) is 0 Å². The van der Waals surface area contributed by atoms with Gasteiger partial charge in [-0.1, -0.05) is 48.5 Å². The number of nitrogens with one attached hydrogen (secondary N) is 2. The third kappa shape index (κ3) is 6.64. The van der Waals surface area contributed by atoms with Crippen LogP contribution in [0.3, 0.4) is 0 Å². The quantitative estimate of drug-likeness (QED) is 0.333. The molecule has 0 aliphatic heterocycles. The summed E-state index contributed by atoms with van der Waals surface area (Å²) in [5.41, 5.74) is 1.16. The first-order valence-corrected chi connectivity index (χ1v) is 9.81. The van der Waals surface area contributed by atoms with Crippen molar-refractivity contribution in [3.05, 3.63) is 77.9 Å². The number of para-hydroxylation sites is 1. The molecule has 2 N–H and O–H groups in total. The van der Waals surface area contributed by atoms with Crippen LogP contribution in [0.25, 0.3) is 0 Å². The van der Waals surface area contributed by atoms with Crippen molar-refractivity contribution in [1.29, 1.82) is 0 Å². The molecule has 152 valence electrons. The molecule has 0 saturated carbocycles. The number of benzene rings is 2. The summed E-state index contributed by atoms with van der Waals surface area (Å²) in [4.78, 5) is 4.70. The highest BCUT2D eigenvalue weighted by atomic mass is 16.5. The van der Waals surface area contributed by atoms with Crippen molar-refractivity contribution >= 4 is 5.96 Å². The maximum atomic E-state index is 5.74. The first kappa shape index (κ1) is 20.4. The molecule has 0 unspecified atom stereocenters. The number of ether oxygens (including phenoxy) is 1. The summed E-state index contributed by atoms with van der Waals surface area (Å²) < 4.78 is 7.71. The average molecular weight is 393 g/mol. The van der Waals surface area contributed by atoms with Crippen LogP contribution in [0.4, 0.5) is 0 Å². The molecule has 0 atom stereocenters. The smallest absolute Gasteiger partial charge is 0.191 e. The van der Waals surface area contributed by atoms with Gasteiger partial charge < -0.3 is 19.9 Å². The van der Waals surface area contributed by atoms with E-state index in [0.29, 0.717) is 19.7 Å². The number of rotatable bonds is 9. The summed E-state index contributed by atoms with van der Waals surface area (Å²) >= 11 is 0. The van der Waals surface area contributed by atoms with Crippen molar-refractivity contribution in [3.63, 3.8) is 0 Å². The SMILES string of the molecule is Cc1nnc(CNC(=NCc2ccccc2)NCCCOc2ccccc2)n1C. The van der Waals surface area contributed by atoms with Crippen LogP contribution in [0.1, 0.15) is 23.6 Å². The maximum Gasteiger partial charge on any atom is 0.191 e. The fourth-order valence-corrected chi connectivity index (χ4v) is 2.68. The second-order valence-electron chi connectivity index (χ2n) is 6.67. The van der Waals surface area contributed by atoms with E-state index >= 15 is 0 Å². The van der Waals surface area contributed by atoms with Crippen molar-refractivity contribution in [1.82, 2.24) is 25.4 Å². The minimum Gasteiger partial charge on any atom is -0.494 e. The molecule has 7 nitrogen and oxygen atoms in total. The van der Waals surface area contributed by atoms with Gasteiger partial charge in [0, 0.05) is 13.6 Å². The molecule has 0 amide bonds. The maximum absolute atomic E-state index is 5.74. The molecular formula is C22H28N6O. The molecule has 7 heteroatoms. The van der Waals surface area contributed by atoms with Gasteiger partial charge in [-0.25, -0.2) is 4.99 Å². The Morgan fingerprint density at radius 2 is 1.72 bits per heavy atom. The van der Waals surface area contributed by atoms with Crippen LogP contribution < -0.4 is 15.4 Å². The van der Waals surface area contributed by atoms with Gasteiger partial charge in [0.2, 0.25) is 0 Å². The zero-order valence-electron chi connectivity index (χ0n) is 17.0. The third-order valence-corrected chi connectivity index (χ3v) is 4.48. The number of aromatic nitrogens is 3. The van der Waals surface area contributed by atoms with Gasteiger partial charge in [-0.15, -0.1) is 10.2 Å². The monoisotopic (exact) mass is 392 g/mol. The third-order valence-electron chi connectivity index (χ3n) is 4.48. The standard InChI is InChI=1S/C22H28N6O/c1-18-26-27-21(28(18)2)17-25-22(24-16-19-10-5-3-6-11-19)23-14-9-15-29-20-12-7-4-8-13-20/h3-8,10-13H,9,14-17H2,1-2H3,(H2,23,24,25). The average Bonchev–Trinajstić information content (AvgIpc) is 3.08. The van der Waals surface area contributed by atoms with Crippen LogP contribution in [0.15, 0.2) is 65.7 Å². The minimum absolute atomic E-state index is 0.554. The lowest BCUT2D eigenvalue weighted by molar-refractivity contribution is 0.311. The highest BCUT2D eigenvalue weighted by Crippen LogP contribution is 2.08. The highest BCUT2D eigenvalue weighted by molar-refractivity contribution is 5.79. The fraction of sp³-hybridized carbons (Fsp3) is 0.318. The number of aliphatic imine (C=N–C) groups is 1. The van der Waals surface area contributed by atoms with Crippen LogP contribution in [0, 0.1) is 6.92 Å². The lowest BCUT2D eigenvalue weighted by Crippen LogP contribution is -2.38. The van der Waals surface area contributed by atoms with E-state index in [-0.39, 0.29) is 0 Å². The van der Waals surface area contributed by atoms with E-state index in [2.05, 4.69) is 33.0 Å². The Morgan fingerprint density at radius 1 is 1.00 bits per heavy atom. The number of hydrogen-bond donors (Lipinski definition) is 2. The Bertz CT molecular complexity index is 892. The Labute approximate surface area is 171 Å². The molecule has 0 aliphatic carbocycles. The van der Waals surface area contributed by atoms with Crippen molar-refractivity contribution in [2.24, 2.45) is 12.0 Å². The number of nitrogens with zero attached hydrogens (tertiary/aromatic N) is 4. The van der Waals surface area contributed by atoms with Crippen molar-refractivity contribution in [2.45, 2.75) is 26.4 Å². The Hall–Kier alpha value is -3.35. The van der Waals surface area contributed by atoms with Crippen molar-refractivity contribution in [3.8, 4) is 5.75 Å². The molecule has 29 heavy (non-hydrogen) atoms. The normalized spacial score (nSPS) is 11.3. The highest BCUT2D eigenvalue weighted by Gasteiger charge is 2.06. The fourth-order valence-electron chi connectivity index (χ4n) is 2.68. The van der Waals surface area contributed by atoms with Gasteiger partial charge in [0.05, 0.1) is 19.7 Å². The molecule has 0 aliphatic rings. The molecule has 0 radical (unpaired) electrons. The number of guanidine groups is 1. The summed E-state index contributed by atoms with van der Waals surface area (Å²) in [5, 5.41) is 15.0. The molecule has 0 saturated heterocycles. The Kier molecular flexibility index (Phi) is 7.63. The Balaban J connectivity index is 1.51. The van der Waals surface area contributed by atoms with Gasteiger partial charge in [-0.3, -0.25) is 0 Å². The number of hydrogen-bond acceptors (Lipinski definition) is 4. The van der Waals surface area contributed by atoms with E-state index in [1.54, 1.807) is 0 Å². The van der Waals surface area contributed by atoms with Crippen LogP contribution in [-0.4, -0.2) is 33.9 Å². The zero-order chi connectivity index (χ0) is 20.3. The van der Waals surface area contributed by atoms with E-state index in [1.807, 2.05) is 67.1 Å². The van der Waals surface area contributed by atoms with Gasteiger partial charge in [-0.05, 0) is 31.0 Å². The van der Waals surface area contributed by atoms with Crippen molar-refractivity contribution < 1.29 is 4.74 Å². The van der Waals surface area contributed by atoms with Crippen molar-refractivity contribution in [2.75, 3.05) is 13.2 Å². The van der Waals surface area contributed by atoms with Gasteiger partial charge in [0.15, 0.2) is 11.8 Å².